The Morgan fingerprint density at radius 2 is 1.63 bits per heavy atom. The number of ether oxygens (including phenoxy) is 2. The standard InChI is InChI=1S/C18H26N2O7/c1-18(2,3)27-17(25)20-14(10-21)13(9-15(22)23)19-16(24)26-11-12-7-5-4-6-8-12/h4-8,13-14,21H,9-11H2,1-3H3,(H,19,24)(H,20,25)(H,22,23)/t13-,14-/m1/s1. The van der Waals surface area contributed by atoms with Gasteiger partial charge in [-0.3, -0.25) is 4.79 Å². The molecule has 0 fully saturated rings. The van der Waals surface area contributed by atoms with Crippen LogP contribution in [0.5, 0.6) is 0 Å². The summed E-state index contributed by atoms with van der Waals surface area (Å²) >= 11 is 0. The minimum absolute atomic E-state index is 0.00422. The predicted octanol–water partition coefficient (Wildman–Crippen LogP) is 1.64. The molecule has 1 aromatic rings. The maximum Gasteiger partial charge on any atom is 0.408 e. The van der Waals surface area contributed by atoms with Gasteiger partial charge in [0, 0.05) is 0 Å². The summed E-state index contributed by atoms with van der Waals surface area (Å²) in [7, 11) is 0. The zero-order valence-electron chi connectivity index (χ0n) is 15.6. The van der Waals surface area contributed by atoms with E-state index in [9.17, 15) is 19.5 Å². The summed E-state index contributed by atoms with van der Waals surface area (Å²) in [6.45, 7) is 4.38. The Bertz CT molecular complexity index is 628. The Kier molecular flexibility index (Phi) is 8.53. The van der Waals surface area contributed by atoms with Crippen LogP contribution in [0.1, 0.15) is 32.8 Å². The summed E-state index contributed by atoms with van der Waals surface area (Å²) in [5, 5.41) is 23.3. The third-order valence-corrected chi connectivity index (χ3v) is 3.30. The maximum absolute atomic E-state index is 12.0. The molecular formula is C18H26N2O7. The first-order valence-corrected chi connectivity index (χ1v) is 8.40. The zero-order valence-corrected chi connectivity index (χ0v) is 15.6. The van der Waals surface area contributed by atoms with Crippen LogP contribution in [0.25, 0.3) is 0 Å². The second-order valence-corrected chi connectivity index (χ2v) is 6.85. The van der Waals surface area contributed by atoms with Gasteiger partial charge in [0.05, 0.1) is 25.1 Å². The first kappa shape index (κ1) is 22.2. The summed E-state index contributed by atoms with van der Waals surface area (Å²) in [5.41, 5.74) is -0.0120. The smallest absolute Gasteiger partial charge is 0.408 e. The van der Waals surface area contributed by atoms with Gasteiger partial charge in [-0.1, -0.05) is 30.3 Å². The maximum atomic E-state index is 12.0. The van der Waals surface area contributed by atoms with E-state index in [0.29, 0.717) is 0 Å². The van der Waals surface area contributed by atoms with Crippen molar-refractivity contribution < 1.29 is 34.1 Å². The van der Waals surface area contributed by atoms with Crippen molar-refractivity contribution in [3.63, 3.8) is 0 Å². The van der Waals surface area contributed by atoms with Crippen LogP contribution in [0.2, 0.25) is 0 Å². The Morgan fingerprint density at radius 3 is 2.15 bits per heavy atom. The van der Waals surface area contributed by atoms with E-state index in [-0.39, 0.29) is 6.61 Å². The number of hydrogen-bond donors (Lipinski definition) is 4. The van der Waals surface area contributed by atoms with E-state index in [1.54, 1.807) is 45.0 Å². The third kappa shape index (κ3) is 9.45. The number of carbonyl (C=O) groups excluding carboxylic acids is 2. The molecule has 27 heavy (non-hydrogen) atoms. The molecule has 0 aliphatic carbocycles. The third-order valence-electron chi connectivity index (χ3n) is 3.30. The van der Waals surface area contributed by atoms with Gasteiger partial charge in [-0.15, -0.1) is 0 Å². The van der Waals surface area contributed by atoms with Crippen molar-refractivity contribution in [1.82, 2.24) is 10.6 Å². The fourth-order valence-electron chi connectivity index (χ4n) is 2.13. The van der Waals surface area contributed by atoms with Crippen LogP contribution in [0, 0.1) is 0 Å². The van der Waals surface area contributed by atoms with Crippen molar-refractivity contribution in [1.29, 1.82) is 0 Å². The number of aliphatic hydroxyl groups is 1. The summed E-state index contributed by atoms with van der Waals surface area (Å²) in [5.74, 6) is -1.22. The molecule has 1 rings (SSSR count). The predicted molar refractivity (Wildman–Crippen MR) is 96.0 cm³/mol. The van der Waals surface area contributed by atoms with Crippen LogP contribution in [-0.4, -0.2) is 52.7 Å². The summed E-state index contributed by atoms with van der Waals surface area (Å²) in [6, 6.07) is 6.77. The van der Waals surface area contributed by atoms with E-state index in [4.69, 9.17) is 14.6 Å². The SMILES string of the molecule is CC(C)(C)OC(=O)N[C@H](CO)[C@@H](CC(=O)O)NC(=O)OCc1ccccc1. The molecule has 9 nitrogen and oxygen atoms in total. The number of amides is 2. The fourth-order valence-corrected chi connectivity index (χ4v) is 2.13. The van der Waals surface area contributed by atoms with E-state index in [1.807, 2.05) is 6.07 Å². The number of carboxylic acids is 1. The molecule has 2 amide bonds. The summed E-state index contributed by atoms with van der Waals surface area (Å²) in [4.78, 5) is 35.0. The lowest BCUT2D eigenvalue weighted by Crippen LogP contribution is -2.55. The molecule has 0 spiro atoms. The highest BCUT2D eigenvalue weighted by molar-refractivity contribution is 5.72. The van der Waals surface area contributed by atoms with Crippen LogP contribution in [0.4, 0.5) is 9.59 Å². The average molecular weight is 382 g/mol. The summed E-state index contributed by atoms with van der Waals surface area (Å²) in [6.07, 6.45) is -2.23. The van der Waals surface area contributed by atoms with Gasteiger partial charge in [0.1, 0.15) is 12.2 Å². The van der Waals surface area contributed by atoms with Gasteiger partial charge in [0.25, 0.3) is 0 Å². The summed E-state index contributed by atoms with van der Waals surface area (Å²) < 4.78 is 10.1. The van der Waals surface area contributed by atoms with Gasteiger partial charge in [0.15, 0.2) is 0 Å². The molecule has 9 heteroatoms. The molecule has 0 radical (unpaired) electrons. The number of nitrogens with one attached hydrogen (secondary N) is 2. The van der Waals surface area contributed by atoms with Gasteiger partial charge >= 0.3 is 18.2 Å². The van der Waals surface area contributed by atoms with Crippen molar-refractivity contribution in [3.8, 4) is 0 Å². The lowest BCUT2D eigenvalue weighted by atomic mass is 10.1. The molecule has 4 N–H and O–H groups in total. The highest BCUT2D eigenvalue weighted by Gasteiger charge is 2.29. The first-order valence-electron chi connectivity index (χ1n) is 8.40. The Labute approximate surface area is 157 Å². The zero-order chi connectivity index (χ0) is 20.4. The molecule has 0 aliphatic heterocycles. The van der Waals surface area contributed by atoms with Crippen molar-refractivity contribution in [2.24, 2.45) is 0 Å². The molecule has 0 aliphatic rings. The molecular weight excluding hydrogens is 356 g/mol. The molecule has 0 unspecified atom stereocenters. The molecule has 0 saturated heterocycles. The van der Waals surface area contributed by atoms with Crippen molar-refractivity contribution in [2.45, 2.75) is 51.5 Å². The fraction of sp³-hybridized carbons (Fsp3) is 0.500. The highest BCUT2D eigenvalue weighted by Crippen LogP contribution is 2.09. The van der Waals surface area contributed by atoms with Crippen LogP contribution < -0.4 is 10.6 Å². The number of rotatable bonds is 8. The first-order chi connectivity index (χ1) is 12.6. The largest absolute Gasteiger partial charge is 0.481 e. The number of carbonyl (C=O) groups is 3. The lowest BCUT2D eigenvalue weighted by molar-refractivity contribution is -0.137. The molecule has 0 aromatic heterocycles. The Hall–Kier alpha value is -2.81. The topological polar surface area (TPSA) is 134 Å². The lowest BCUT2D eigenvalue weighted by Gasteiger charge is -2.27. The van der Waals surface area contributed by atoms with Crippen LogP contribution in [-0.2, 0) is 20.9 Å². The van der Waals surface area contributed by atoms with E-state index >= 15 is 0 Å². The van der Waals surface area contributed by atoms with E-state index in [0.717, 1.165) is 5.56 Å². The molecule has 2 atom stereocenters. The molecule has 0 bridgehead atoms. The highest BCUT2D eigenvalue weighted by atomic mass is 16.6. The van der Waals surface area contributed by atoms with Gasteiger partial charge in [-0.25, -0.2) is 9.59 Å². The second-order valence-electron chi connectivity index (χ2n) is 6.85. The van der Waals surface area contributed by atoms with E-state index in [1.165, 1.54) is 0 Å². The van der Waals surface area contributed by atoms with Crippen LogP contribution in [0.15, 0.2) is 30.3 Å². The second kappa shape index (κ2) is 10.4. The minimum Gasteiger partial charge on any atom is -0.481 e. The van der Waals surface area contributed by atoms with Gasteiger partial charge in [0.2, 0.25) is 0 Å². The number of aliphatic carboxylic acids is 1. The monoisotopic (exact) mass is 382 g/mol. The number of carboxylic acid groups (broad SMARTS) is 1. The Morgan fingerprint density at radius 1 is 1.04 bits per heavy atom. The van der Waals surface area contributed by atoms with Crippen LogP contribution in [0.3, 0.4) is 0 Å². The normalized spacial score (nSPS) is 13.2. The van der Waals surface area contributed by atoms with E-state index < -0.39 is 48.9 Å². The van der Waals surface area contributed by atoms with Gasteiger partial charge in [-0.05, 0) is 26.3 Å². The molecule has 1 aromatic carbocycles. The number of hydrogen-bond acceptors (Lipinski definition) is 6. The van der Waals surface area contributed by atoms with Crippen molar-refractivity contribution in [2.75, 3.05) is 6.61 Å². The van der Waals surface area contributed by atoms with E-state index in [2.05, 4.69) is 10.6 Å². The number of benzene rings is 1. The number of aliphatic hydroxyl groups excluding tert-OH is 1. The molecule has 0 saturated carbocycles. The van der Waals surface area contributed by atoms with Crippen molar-refractivity contribution >= 4 is 18.2 Å². The van der Waals surface area contributed by atoms with Crippen LogP contribution >= 0.6 is 0 Å². The minimum atomic E-state index is -1.22. The quantitative estimate of drug-likeness (QED) is 0.537. The Balaban J connectivity index is 2.69. The molecule has 0 heterocycles. The van der Waals surface area contributed by atoms with Crippen molar-refractivity contribution in [3.05, 3.63) is 35.9 Å². The van der Waals surface area contributed by atoms with Gasteiger partial charge < -0.3 is 30.3 Å². The number of alkyl carbamates (subject to hydrolysis) is 2. The molecule has 150 valence electrons. The average Bonchev–Trinajstić information content (AvgIpc) is 2.56. The van der Waals surface area contributed by atoms with Gasteiger partial charge in [-0.2, -0.15) is 0 Å².